The van der Waals surface area contributed by atoms with Gasteiger partial charge in [0.2, 0.25) is 20.0 Å². The van der Waals surface area contributed by atoms with Crippen LogP contribution in [0.25, 0.3) is 0 Å². The molecule has 0 spiro atoms. The normalized spacial score (nSPS) is 16.4. The molecule has 764 valence electrons. The Bertz CT molecular complexity index is 6690. The number of carbonyl (C=O) groups is 6. The van der Waals surface area contributed by atoms with E-state index in [4.69, 9.17) is 28.4 Å². The lowest BCUT2D eigenvalue weighted by atomic mass is 9.99. The summed E-state index contributed by atoms with van der Waals surface area (Å²) in [5.74, 6) is 0.709. The van der Waals surface area contributed by atoms with Crippen molar-refractivity contribution in [1.82, 2.24) is 53.5 Å². The van der Waals surface area contributed by atoms with Crippen LogP contribution in [-0.4, -0.2) is 241 Å². The molecule has 18 rings (SSSR count). The van der Waals surface area contributed by atoms with Crippen molar-refractivity contribution in [2.24, 2.45) is 0 Å². The molecule has 6 amide bonds. The summed E-state index contributed by atoms with van der Waals surface area (Å²) in [6, 6.07) is 71.7. The van der Waals surface area contributed by atoms with Crippen LogP contribution in [0, 0.1) is 0 Å². The Labute approximate surface area is 857 Å². The number of methoxy groups -OCH3 is 6. The van der Waals surface area contributed by atoms with Gasteiger partial charge >= 0.3 is 0 Å². The van der Waals surface area contributed by atoms with Crippen LogP contribution in [-0.2, 0) is 30.1 Å². The van der Waals surface area contributed by atoms with Gasteiger partial charge in [0.25, 0.3) is 45.5 Å². The topological polar surface area (TPSA) is 351 Å². The van der Waals surface area contributed by atoms with Gasteiger partial charge in [0, 0.05) is 140 Å². The number of imide groups is 3. The summed E-state index contributed by atoms with van der Waals surface area (Å²) in [6.45, 7) is 16.2. The maximum atomic E-state index is 14.4. The number of sulfonamides is 3. The van der Waals surface area contributed by atoms with Gasteiger partial charge in [-0.2, -0.15) is 11.3 Å². The van der Waals surface area contributed by atoms with E-state index in [0.29, 0.717) is 149 Å². The first-order valence-corrected chi connectivity index (χ1v) is 54.2. The molecule has 0 aliphatic carbocycles. The molecule has 36 heteroatoms. The maximum absolute atomic E-state index is 14.4. The Hall–Kier alpha value is -13.8. The molecule has 12 aromatic rings. The highest BCUT2D eigenvalue weighted by Gasteiger charge is 2.48. The highest BCUT2D eigenvalue weighted by atomic mass is 32.2. The smallest absolute Gasteiger partial charge is 0.264 e. The Morgan fingerprint density at radius 1 is 0.322 bits per heavy atom. The number of anilines is 3. The lowest BCUT2D eigenvalue weighted by molar-refractivity contribution is 0.0557. The fraction of sp³-hybridized carbons (Fsp3) is 0.327. The monoisotopic (exact) mass is 2050 g/mol. The third-order valence-electron chi connectivity index (χ3n) is 28.0. The number of nitrogens with zero attached hydrogens (tertiary/aromatic N) is 11. The molecule has 0 saturated carbocycles. The average Bonchev–Trinajstić information content (AvgIpc) is 1.60. The van der Waals surface area contributed by atoms with E-state index in [1.54, 1.807) is 96.7 Å². The van der Waals surface area contributed by atoms with Crippen LogP contribution in [0.15, 0.2) is 281 Å². The first-order valence-electron chi connectivity index (χ1n) is 48.8. The minimum Gasteiger partial charge on any atom is -0.493 e. The number of fused-ring (bicyclic) bond motifs is 3. The van der Waals surface area contributed by atoms with Crippen LogP contribution in [0.4, 0.5) is 17.1 Å². The molecule has 6 aliphatic rings. The van der Waals surface area contributed by atoms with E-state index >= 15 is 0 Å². The number of hydrogen-bond donors (Lipinski definition) is 3. The number of nitrogens with one attached hydrogen (secondary N) is 3. The van der Waals surface area contributed by atoms with Gasteiger partial charge < -0.3 is 43.1 Å². The van der Waals surface area contributed by atoms with Crippen LogP contribution < -0.4 is 57.3 Å². The zero-order chi connectivity index (χ0) is 103. The van der Waals surface area contributed by atoms with E-state index in [0.717, 1.165) is 69.4 Å². The number of ether oxygens (including phenoxy) is 6. The fourth-order valence-electron chi connectivity index (χ4n) is 20.1. The number of carbonyl (C=O) groups excluding carboxylic acids is 6. The summed E-state index contributed by atoms with van der Waals surface area (Å²) in [4.78, 5) is 111. The fourth-order valence-corrected chi connectivity index (χ4v) is 24.2. The minimum absolute atomic E-state index is 0.0645. The second-order valence-electron chi connectivity index (χ2n) is 36.2. The van der Waals surface area contributed by atoms with Gasteiger partial charge in [0.05, 0.1) is 116 Å². The summed E-state index contributed by atoms with van der Waals surface area (Å²) < 4.78 is 118. The van der Waals surface area contributed by atoms with E-state index < -0.39 is 48.2 Å². The second-order valence-corrected chi connectivity index (χ2v) is 42.2. The Kier molecular flexibility index (Phi) is 34.2. The number of piperazine rings is 3. The summed E-state index contributed by atoms with van der Waals surface area (Å²) in [5, 5.41) is 3.22. The van der Waals surface area contributed by atoms with E-state index in [1.165, 1.54) is 109 Å². The average molecular weight is 2060 g/mol. The molecule has 3 saturated heterocycles. The van der Waals surface area contributed by atoms with Gasteiger partial charge in [0.1, 0.15) is 4.90 Å². The molecule has 0 bridgehead atoms. The van der Waals surface area contributed by atoms with Gasteiger partial charge in [-0.05, 0) is 201 Å². The molecule has 3 aromatic heterocycles. The number of benzene rings is 9. The van der Waals surface area contributed by atoms with E-state index in [1.807, 2.05) is 72.8 Å². The number of hydrogen-bond acceptors (Lipinski definition) is 27. The standard InChI is InChI=1S/2C37H41N5O6S.C36H40N4O6S2/c1-26(27-10-5-4-6-11-27)40-20-22-41(23-21-40)32-14-7-13-30-35(32)37(44)42(36(30)43)31(28-16-17-33(47-2)34(24-28)48-3)15-9-19-39-49(45,46)29-12-8-18-38-25-29;1-26(27-11-5-4-6-12-27)40-21-23-41(24-22-40)31-14-9-13-29-35(31)37(44)42(36(29)43)30(28-17-18-32(47-2)33(25-28)48-3)15-10-20-39-49(45,46)34-16-7-8-19-38-34;1-25(26-9-5-4-6-10-26)38-18-20-39(21-19-38)31-12-7-11-29-34(31)36(42)40(35(29)41)30(27-14-15-32(45-2)33(23-27)46-3)13-8-17-37-48(43,44)28-16-22-47-24-28/h4-8,10-14,16-18,24-26,31,39H,9,15,19-23H2,1-3H3;4-9,11-14,16-19,25-26,30,39H,10,15,20-24H2,1-3H3;4-7,9-12,14-16,22-25,30,37H,8,13,17-21H2,1-3H3/t26-,31?;26-,30?;25-,30?/m111/s1. The molecule has 9 aromatic carbocycles. The summed E-state index contributed by atoms with van der Waals surface area (Å²) >= 11 is 1.31. The molecule has 32 nitrogen and oxygen atoms in total. The Morgan fingerprint density at radius 3 is 0.952 bits per heavy atom. The van der Waals surface area contributed by atoms with Crippen molar-refractivity contribution in [1.29, 1.82) is 0 Å². The maximum Gasteiger partial charge on any atom is 0.264 e. The zero-order valence-electron chi connectivity index (χ0n) is 83.1. The largest absolute Gasteiger partial charge is 0.493 e. The van der Waals surface area contributed by atoms with Crippen molar-refractivity contribution in [3.63, 3.8) is 0 Å². The van der Waals surface area contributed by atoms with E-state index in [2.05, 4.69) is 147 Å². The third kappa shape index (κ3) is 23.2. The van der Waals surface area contributed by atoms with Crippen LogP contribution in [0.5, 0.6) is 34.5 Å². The van der Waals surface area contributed by atoms with Gasteiger partial charge in [-0.25, -0.2) is 44.4 Å². The van der Waals surface area contributed by atoms with Crippen molar-refractivity contribution < 1.29 is 82.4 Å². The van der Waals surface area contributed by atoms with Gasteiger partial charge in [-0.3, -0.25) is 63.2 Å². The molecule has 9 heterocycles. The van der Waals surface area contributed by atoms with Gasteiger partial charge in [-0.1, -0.05) is 133 Å². The van der Waals surface area contributed by atoms with Crippen molar-refractivity contribution in [2.75, 3.05) is 156 Å². The SMILES string of the molecule is COc1ccc(C(CCCNS(=O)(=O)c2ccccn2)N2C(=O)c3cccc(N4CCN([C@H](C)c5ccccc5)CC4)c3C2=O)cc1OC.COc1ccc(C(CCCNS(=O)(=O)c2cccnc2)N2C(=O)c3cccc(N4CCN([C@H](C)c5ccccc5)CC4)c3C2=O)cc1OC.COc1ccc(C(CCCNS(=O)(=O)c2ccsc2)N2C(=O)c3cccc(N4CCN([C@H](C)c5ccccc5)CC4)c3C2=O)cc1OC. The van der Waals surface area contributed by atoms with Crippen LogP contribution in [0.1, 0.15) is 191 Å². The van der Waals surface area contributed by atoms with E-state index in [9.17, 15) is 54.0 Å². The number of amides is 6. The lowest BCUT2D eigenvalue weighted by Crippen LogP contribution is -2.47. The van der Waals surface area contributed by atoms with Gasteiger partial charge in [-0.15, -0.1) is 0 Å². The number of pyridine rings is 2. The Morgan fingerprint density at radius 2 is 0.651 bits per heavy atom. The second kappa shape index (κ2) is 47.6. The summed E-state index contributed by atoms with van der Waals surface area (Å²) in [6.07, 6.45) is 6.22. The predicted molar refractivity (Wildman–Crippen MR) is 560 cm³/mol. The lowest BCUT2D eigenvalue weighted by Gasteiger charge is -2.39. The van der Waals surface area contributed by atoms with Crippen LogP contribution in [0.3, 0.4) is 0 Å². The third-order valence-corrected chi connectivity index (χ3v) is 33.2. The molecule has 6 aliphatic heterocycles. The number of rotatable bonds is 39. The van der Waals surface area contributed by atoms with Crippen molar-refractivity contribution >= 4 is 93.9 Å². The predicted octanol–water partition coefficient (Wildman–Crippen LogP) is 15.9. The highest BCUT2D eigenvalue weighted by molar-refractivity contribution is 7.90. The summed E-state index contributed by atoms with van der Waals surface area (Å²) in [7, 11) is -2.05. The summed E-state index contributed by atoms with van der Waals surface area (Å²) in [5.41, 5.74) is 10.4. The molecular formula is C110H122N14O18S4. The molecule has 3 N–H and O–H groups in total. The van der Waals surface area contributed by atoms with Crippen LogP contribution >= 0.6 is 11.3 Å². The zero-order valence-corrected chi connectivity index (χ0v) is 86.4. The highest BCUT2D eigenvalue weighted by Crippen LogP contribution is 2.47. The van der Waals surface area contributed by atoms with Crippen molar-refractivity contribution in [2.45, 2.75) is 110 Å². The number of thiophene rings is 1. The van der Waals surface area contributed by atoms with Crippen LogP contribution in [0.2, 0.25) is 0 Å². The van der Waals surface area contributed by atoms with Crippen molar-refractivity contribution in [3.05, 3.63) is 333 Å². The van der Waals surface area contributed by atoms with E-state index in [-0.39, 0.29) is 88.0 Å². The molecule has 0 radical (unpaired) electrons. The molecule has 3 fully saturated rings. The molecule has 3 unspecified atom stereocenters. The minimum atomic E-state index is -3.82. The first-order chi connectivity index (χ1) is 70.7. The molecule has 6 atom stereocenters. The van der Waals surface area contributed by atoms with Gasteiger partial charge in [0.15, 0.2) is 39.5 Å². The number of aromatic nitrogens is 2. The Balaban J connectivity index is 0.000000157. The quantitative estimate of drug-likeness (QED) is 0.0238. The first kappa shape index (κ1) is 105. The van der Waals surface area contributed by atoms with Crippen molar-refractivity contribution in [3.8, 4) is 34.5 Å². The molecule has 146 heavy (non-hydrogen) atoms. The molecular weight excluding hydrogens is 1930 g/mol.